The van der Waals surface area contributed by atoms with E-state index in [0.717, 1.165) is 18.4 Å². The van der Waals surface area contributed by atoms with Crippen LogP contribution in [0.1, 0.15) is 22.3 Å². The molecule has 126 valence electrons. The minimum atomic E-state index is -0.712. The van der Waals surface area contributed by atoms with Gasteiger partial charge < -0.3 is 15.0 Å². The van der Waals surface area contributed by atoms with Crippen molar-refractivity contribution in [1.82, 2.24) is 4.57 Å². The molecule has 3 aromatic rings. The molecular weight excluding hydrogens is 323 g/mol. The summed E-state index contributed by atoms with van der Waals surface area (Å²) in [7, 11) is 0. The number of aryl methyl sites for hydroxylation is 2. The molecule has 2 N–H and O–H groups in total. The Hall–Kier alpha value is -3.15. The smallest absolute Gasteiger partial charge is 0.267 e. The first kappa shape index (κ1) is 15.4. The fourth-order valence-corrected chi connectivity index (χ4v) is 3.35. The highest BCUT2D eigenvalue weighted by Crippen LogP contribution is 2.31. The van der Waals surface area contributed by atoms with Crippen LogP contribution in [0.4, 0.5) is 10.1 Å². The number of aromatic hydroxyl groups is 1. The van der Waals surface area contributed by atoms with Crippen molar-refractivity contribution in [3.05, 3.63) is 69.8 Å². The van der Waals surface area contributed by atoms with E-state index in [1.165, 1.54) is 24.3 Å². The van der Waals surface area contributed by atoms with Gasteiger partial charge in [-0.3, -0.25) is 9.59 Å². The van der Waals surface area contributed by atoms with Crippen LogP contribution in [-0.4, -0.2) is 15.6 Å². The Bertz CT molecular complexity index is 1050. The predicted octanol–water partition coefficient (Wildman–Crippen LogP) is 3.04. The molecule has 0 unspecified atom stereocenters. The Kier molecular flexibility index (Phi) is 3.53. The lowest BCUT2D eigenvalue weighted by Gasteiger charge is -2.21. The van der Waals surface area contributed by atoms with E-state index in [1.807, 2.05) is 6.07 Å². The summed E-state index contributed by atoms with van der Waals surface area (Å²) in [5, 5.41) is 13.6. The molecule has 2 heterocycles. The summed E-state index contributed by atoms with van der Waals surface area (Å²) in [6, 6.07) is 10.6. The van der Waals surface area contributed by atoms with Crippen LogP contribution < -0.4 is 10.9 Å². The number of para-hydroxylation sites is 1. The monoisotopic (exact) mass is 338 g/mol. The van der Waals surface area contributed by atoms with Crippen molar-refractivity contribution in [2.75, 3.05) is 5.32 Å². The standard InChI is InChI=1S/C19H15FN2O3/c20-12-6-8-13(9-7-12)21-18(24)15-17(23)14-5-1-3-11-4-2-10-22(16(11)14)19(15)25/h1,3,5-9,23H,2,4,10H2,(H,21,24). The molecule has 5 nitrogen and oxygen atoms in total. The zero-order chi connectivity index (χ0) is 17.6. The summed E-state index contributed by atoms with van der Waals surface area (Å²) in [5.74, 6) is -1.46. The molecule has 0 aliphatic carbocycles. The lowest BCUT2D eigenvalue weighted by atomic mass is 9.99. The molecule has 1 aliphatic heterocycles. The molecular formula is C19H15FN2O3. The molecule has 0 saturated carbocycles. The van der Waals surface area contributed by atoms with Crippen LogP contribution in [0.5, 0.6) is 5.75 Å². The topological polar surface area (TPSA) is 71.3 Å². The van der Waals surface area contributed by atoms with Crippen LogP contribution in [0.25, 0.3) is 10.9 Å². The van der Waals surface area contributed by atoms with Gasteiger partial charge in [0.15, 0.2) is 0 Å². The number of anilines is 1. The Labute approximate surface area is 142 Å². The van der Waals surface area contributed by atoms with Gasteiger partial charge in [0, 0.05) is 17.6 Å². The quantitative estimate of drug-likeness (QED) is 0.754. The summed E-state index contributed by atoms with van der Waals surface area (Å²) in [4.78, 5) is 25.4. The maximum atomic E-state index is 13.0. The molecule has 6 heteroatoms. The number of nitrogens with one attached hydrogen (secondary N) is 1. The number of nitrogens with zero attached hydrogens (tertiary/aromatic N) is 1. The van der Waals surface area contributed by atoms with Crippen molar-refractivity contribution in [2.45, 2.75) is 19.4 Å². The van der Waals surface area contributed by atoms with Crippen molar-refractivity contribution < 1.29 is 14.3 Å². The van der Waals surface area contributed by atoms with E-state index >= 15 is 0 Å². The van der Waals surface area contributed by atoms with Gasteiger partial charge in [-0.05, 0) is 48.7 Å². The average Bonchev–Trinajstić information content (AvgIpc) is 2.61. The number of rotatable bonds is 2. The normalized spacial score (nSPS) is 13.0. The third-order valence-electron chi connectivity index (χ3n) is 4.50. The predicted molar refractivity (Wildman–Crippen MR) is 92.5 cm³/mol. The minimum Gasteiger partial charge on any atom is -0.506 e. The van der Waals surface area contributed by atoms with E-state index in [0.29, 0.717) is 23.1 Å². The van der Waals surface area contributed by atoms with Crippen molar-refractivity contribution in [3.8, 4) is 5.75 Å². The van der Waals surface area contributed by atoms with Crippen LogP contribution in [0, 0.1) is 5.82 Å². The van der Waals surface area contributed by atoms with Gasteiger partial charge in [0.2, 0.25) is 0 Å². The van der Waals surface area contributed by atoms with Crippen LogP contribution in [0.15, 0.2) is 47.3 Å². The Morgan fingerprint density at radius 3 is 2.68 bits per heavy atom. The first-order valence-electron chi connectivity index (χ1n) is 8.00. The highest BCUT2D eigenvalue weighted by Gasteiger charge is 2.25. The summed E-state index contributed by atoms with van der Waals surface area (Å²) in [5.41, 5.74) is 1.21. The van der Waals surface area contributed by atoms with Crippen LogP contribution in [0.3, 0.4) is 0 Å². The van der Waals surface area contributed by atoms with Gasteiger partial charge in [0.25, 0.3) is 11.5 Å². The highest BCUT2D eigenvalue weighted by atomic mass is 19.1. The van der Waals surface area contributed by atoms with Crippen LogP contribution in [-0.2, 0) is 13.0 Å². The minimum absolute atomic E-state index is 0.295. The summed E-state index contributed by atoms with van der Waals surface area (Å²) in [6.07, 6.45) is 1.63. The molecule has 2 aromatic carbocycles. The lowest BCUT2D eigenvalue weighted by molar-refractivity contribution is 0.102. The van der Waals surface area contributed by atoms with Gasteiger partial charge in [-0.25, -0.2) is 4.39 Å². The summed E-state index contributed by atoms with van der Waals surface area (Å²) < 4.78 is 14.5. The molecule has 25 heavy (non-hydrogen) atoms. The second-order valence-electron chi connectivity index (χ2n) is 6.06. The van der Waals surface area contributed by atoms with Crippen molar-refractivity contribution in [1.29, 1.82) is 0 Å². The Morgan fingerprint density at radius 1 is 1.16 bits per heavy atom. The van der Waals surface area contributed by atoms with Gasteiger partial charge in [-0.15, -0.1) is 0 Å². The largest absolute Gasteiger partial charge is 0.506 e. The SMILES string of the molecule is O=C(Nc1ccc(F)cc1)c1c(O)c2cccc3c2n(c1=O)CCC3. The number of halogens is 1. The average molecular weight is 338 g/mol. The Morgan fingerprint density at radius 2 is 1.92 bits per heavy atom. The molecule has 0 bridgehead atoms. The molecule has 1 aliphatic rings. The number of carbonyl (C=O) groups is 1. The molecule has 0 saturated heterocycles. The highest BCUT2D eigenvalue weighted by molar-refractivity contribution is 6.09. The van der Waals surface area contributed by atoms with E-state index in [4.69, 9.17) is 0 Å². The molecule has 0 fully saturated rings. The number of aromatic nitrogens is 1. The van der Waals surface area contributed by atoms with E-state index in [-0.39, 0.29) is 11.3 Å². The van der Waals surface area contributed by atoms with Crippen LogP contribution >= 0.6 is 0 Å². The maximum Gasteiger partial charge on any atom is 0.267 e. The lowest BCUT2D eigenvalue weighted by Crippen LogP contribution is -2.31. The molecule has 1 amide bonds. The third kappa shape index (κ3) is 2.46. The number of pyridine rings is 1. The number of amides is 1. The number of benzene rings is 2. The van der Waals surface area contributed by atoms with Gasteiger partial charge in [-0.1, -0.05) is 12.1 Å². The van der Waals surface area contributed by atoms with Crippen molar-refractivity contribution in [3.63, 3.8) is 0 Å². The summed E-state index contributed by atoms with van der Waals surface area (Å²) >= 11 is 0. The van der Waals surface area contributed by atoms with Crippen molar-refractivity contribution >= 4 is 22.5 Å². The molecule has 0 atom stereocenters. The first-order valence-corrected chi connectivity index (χ1v) is 8.00. The zero-order valence-electron chi connectivity index (χ0n) is 13.3. The van der Waals surface area contributed by atoms with Gasteiger partial charge in [0.05, 0.1) is 5.52 Å². The zero-order valence-corrected chi connectivity index (χ0v) is 13.3. The van der Waals surface area contributed by atoms with E-state index in [2.05, 4.69) is 5.32 Å². The fraction of sp³-hybridized carbons (Fsp3) is 0.158. The van der Waals surface area contributed by atoms with E-state index in [9.17, 15) is 19.1 Å². The van der Waals surface area contributed by atoms with Crippen LogP contribution in [0.2, 0.25) is 0 Å². The first-order chi connectivity index (χ1) is 12.1. The van der Waals surface area contributed by atoms with Crippen molar-refractivity contribution in [2.24, 2.45) is 0 Å². The van der Waals surface area contributed by atoms with Gasteiger partial charge >= 0.3 is 0 Å². The number of carbonyl (C=O) groups excluding carboxylic acids is 1. The van der Waals surface area contributed by atoms with E-state index < -0.39 is 17.3 Å². The second-order valence-corrected chi connectivity index (χ2v) is 6.06. The van der Waals surface area contributed by atoms with Gasteiger partial charge in [-0.2, -0.15) is 0 Å². The summed E-state index contributed by atoms with van der Waals surface area (Å²) in [6.45, 7) is 0.503. The maximum absolute atomic E-state index is 13.0. The second kappa shape index (κ2) is 5.73. The fourth-order valence-electron chi connectivity index (χ4n) is 3.35. The molecule has 4 rings (SSSR count). The van der Waals surface area contributed by atoms with Gasteiger partial charge in [0.1, 0.15) is 17.1 Å². The Balaban J connectivity index is 1.86. The third-order valence-corrected chi connectivity index (χ3v) is 4.50. The number of hydrogen-bond donors (Lipinski definition) is 2. The molecule has 0 spiro atoms. The van der Waals surface area contributed by atoms with E-state index in [1.54, 1.807) is 16.7 Å². The molecule has 0 radical (unpaired) electrons. The number of hydrogen-bond acceptors (Lipinski definition) is 3. The molecule has 1 aromatic heterocycles.